The highest BCUT2D eigenvalue weighted by Gasteiger charge is 2.27. The molecule has 0 aliphatic carbocycles. The zero-order valence-corrected chi connectivity index (χ0v) is 10.7. The Balaban J connectivity index is 2.05. The second-order valence-corrected chi connectivity index (χ2v) is 5.30. The molecule has 1 aliphatic rings. The zero-order chi connectivity index (χ0) is 11.8. The summed E-state index contributed by atoms with van der Waals surface area (Å²) in [5.74, 6) is 2.45. The molecule has 1 atom stereocenters. The van der Waals surface area contributed by atoms with Crippen LogP contribution in [0.3, 0.4) is 0 Å². The molecule has 6 heteroatoms. The molecule has 2 aromatic heterocycles. The zero-order valence-electron chi connectivity index (χ0n) is 9.92. The molecule has 1 aliphatic heterocycles. The van der Waals surface area contributed by atoms with Crippen LogP contribution in [0.4, 0.5) is 0 Å². The minimum atomic E-state index is 0.295. The first-order valence-electron chi connectivity index (χ1n) is 5.82. The monoisotopic (exact) mass is 249 g/mol. The molecule has 3 rings (SSSR count). The molecule has 0 radical (unpaired) electrons. The summed E-state index contributed by atoms with van der Waals surface area (Å²) in [4.78, 5) is 4.31. The Bertz CT molecular complexity index is 502. The predicted octanol–water partition coefficient (Wildman–Crippen LogP) is 1.70. The average Bonchev–Trinajstić information content (AvgIpc) is 2.96. The van der Waals surface area contributed by atoms with Gasteiger partial charge in [-0.15, -0.1) is 21.5 Å². The van der Waals surface area contributed by atoms with Crippen LogP contribution in [-0.2, 0) is 6.54 Å². The van der Waals surface area contributed by atoms with Gasteiger partial charge in [0.2, 0.25) is 0 Å². The van der Waals surface area contributed by atoms with E-state index in [4.69, 9.17) is 0 Å². The summed E-state index contributed by atoms with van der Waals surface area (Å²) >= 11 is 1.59. The maximum atomic E-state index is 4.33. The minimum absolute atomic E-state index is 0.295. The van der Waals surface area contributed by atoms with E-state index in [9.17, 15) is 0 Å². The van der Waals surface area contributed by atoms with Crippen LogP contribution in [0.15, 0.2) is 10.9 Å². The van der Waals surface area contributed by atoms with Crippen molar-refractivity contribution in [2.75, 3.05) is 6.54 Å². The van der Waals surface area contributed by atoms with E-state index in [2.05, 4.69) is 38.9 Å². The lowest BCUT2D eigenvalue weighted by Gasteiger charge is -2.27. The summed E-state index contributed by atoms with van der Waals surface area (Å²) in [5.41, 5.74) is 2.76. The fourth-order valence-electron chi connectivity index (χ4n) is 2.24. The smallest absolute Gasteiger partial charge is 0.183 e. The van der Waals surface area contributed by atoms with Crippen molar-refractivity contribution in [1.29, 1.82) is 0 Å². The van der Waals surface area contributed by atoms with Crippen molar-refractivity contribution in [3.63, 3.8) is 0 Å². The summed E-state index contributed by atoms with van der Waals surface area (Å²) in [5, 5.41) is 14.1. The van der Waals surface area contributed by atoms with E-state index >= 15 is 0 Å². The van der Waals surface area contributed by atoms with Crippen molar-refractivity contribution in [3.8, 4) is 11.5 Å². The standard InChI is InChI=1S/C11H15N5S/c1-7(2)9-11-15-14-10(8-5-17-6-13-8)16(11)4-3-12-9/h5-7,9,12H,3-4H2,1-2H3. The Morgan fingerprint density at radius 1 is 1.47 bits per heavy atom. The topological polar surface area (TPSA) is 55.6 Å². The molecule has 1 unspecified atom stereocenters. The molecule has 0 spiro atoms. The van der Waals surface area contributed by atoms with Crippen LogP contribution in [0, 0.1) is 5.92 Å². The number of rotatable bonds is 2. The number of nitrogens with one attached hydrogen (secondary N) is 1. The van der Waals surface area contributed by atoms with Crippen molar-refractivity contribution < 1.29 is 0 Å². The van der Waals surface area contributed by atoms with E-state index in [0.29, 0.717) is 12.0 Å². The molecule has 1 N–H and O–H groups in total. The Morgan fingerprint density at radius 3 is 3.06 bits per heavy atom. The van der Waals surface area contributed by atoms with E-state index in [-0.39, 0.29) is 0 Å². The van der Waals surface area contributed by atoms with E-state index in [1.54, 1.807) is 11.3 Å². The van der Waals surface area contributed by atoms with Gasteiger partial charge in [-0.1, -0.05) is 13.8 Å². The molecule has 3 heterocycles. The van der Waals surface area contributed by atoms with Crippen molar-refractivity contribution in [2.24, 2.45) is 5.92 Å². The molecule has 17 heavy (non-hydrogen) atoms. The largest absolute Gasteiger partial charge is 0.307 e. The highest BCUT2D eigenvalue weighted by molar-refractivity contribution is 7.07. The highest BCUT2D eigenvalue weighted by Crippen LogP contribution is 2.27. The van der Waals surface area contributed by atoms with E-state index in [1.807, 2.05) is 10.9 Å². The summed E-state index contributed by atoms with van der Waals surface area (Å²) < 4.78 is 2.19. The maximum Gasteiger partial charge on any atom is 0.183 e. The summed E-state index contributed by atoms with van der Waals surface area (Å²) in [7, 11) is 0. The van der Waals surface area contributed by atoms with Crippen LogP contribution in [0.25, 0.3) is 11.5 Å². The number of nitrogens with zero attached hydrogens (tertiary/aromatic N) is 4. The van der Waals surface area contributed by atoms with Crippen molar-refractivity contribution >= 4 is 11.3 Å². The highest BCUT2D eigenvalue weighted by atomic mass is 32.1. The van der Waals surface area contributed by atoms with E-state index in [1.165, 1.54) is 0 Å². The molecule has 0 bridgehead atoms. The first kappa shape index (κ1) is 10.9. The normalized spacial score (nSPS) is 19.6. The van der Waals surface area contributed by atoms with Crippen LogP contribution in [0.2, 0.25) is 0 Å². The van der Waals surface area contributed by atoms with Gasteiger partial charge in [-0.25, -0.2) is 4.98 Å². The molecule has 0 fully saturated rings. The molecule has 2 aromatic rings. The quantitative estimate of drug-likeness (QED) is 0.880. The predicted molar refractivity (Wildman–Crippen MR) is 66.7 cm³/mol. The number of hydrogen-bond acceptors (Lipinski definition) is 5. The van der Waals surface area contributed by atoms with Gasteiger partial charge in [-0.2, -0.15) is 0 Å². The lowest BCUT2D eigenvalue weighted by atomic mass is 10.0. The molecule has 0 saturated carbocycles. The second kappa shape index (κ2) is 4.19. The molecular weight excluding hydrogens is 234 g/mol. The lowest BCUT2D eigenvalue weighted by Crippen LogP contribution is -2.36. The summed E-state index contributed by atoms with van der Waals surface area (Å²) in [6.07, 6.45) is 0. The molecule has 90 valence electrons. The Morgan fingerprint density at radius 2 is 2.35 bits per heavy atom. The SMILES string of the molecule is CC(C)C1NCCn2c(-c3cscn3)nnc21. The molecular formula is C11H15N5S. The number of hydrogen-bond donors (Lipinski definition) is 1. The third-order valence-electron chi connectivity index (χ3n) is 3.09. The fourth-order valence-corrected chi connectivity index (χ4v) is 2.77. The lowest BCUT2D eigenvalue weighted by molar-refractivity contribution is 0.339. The Labute approximate surface area is 104 Å². The molecule has 0 saturated heterocycles. The second-order valence-electron chi connectivity index (χ2n) is 4.58. The van der Waals surface area contributed by atoms with Gasteiger partial charge >= 0.3 is 0 Å². The van der Waals surface area contributed by atoms with E-state index in [0.717, 1.165) is 30.4 Å². The molecule has 0 amide bonds. The molecule has 5 nitrogen and oxygen atoms in total. The molecule has 0 aromatic carbocycles. The Kier molecular flexibility index (Phi) is 2.68. The number of fused-ring (bicyclic) bond motifs is 1. The van der Waals surface area contributed by atoms with Gasteiger partial charge in [0.05, 0.1) is 11.6 Å². The maximum absolute atomic E-state index is 4.33. The van der Waals surface area contributed by atoms with E-state index < -0.39 is 0 Å². The van der Waals surface area contributed by atoms with Crippen LogP contribution >= 0.6 is 11.3 Å². The van der Waals surface area contributed by atoms with Gasteiger partial charge in [-0.3, -0.25) is 0 Å². The third-order valence-corrected chi connectivity index (χ3v) is 3.67. The third kappa shape index (κ3) is 1.77. The summed E-state index contributed by atoms with van der Waals surface area (Å²) in [6, 6.07) is 0.295. The van der Waals surface area contributed by atoms with Crippen LogP contribution < -0.4 is 5.32 Å². The van der Waals surface area contributed by atoms with Crippen molar-refractivity contribution in [3.05, 3.63) is 16.7 Å². The van der Waals surface area contributed by atoms with Gasteiger partial charge in [-0.05, 0) is 5.92 Å². The van der Waals surface area contributed by atoms with Gasteiger partial charge in [0.1, 0.15) is 5.69 Å². The van der Waals surface area contributed by atoms with Gasteiger partial charge in [0.25, 0.3) is 0 Å². The first-order valence-corrected chi connectivity index (χ1v) is 6.76. The van der Waals surface area contributed by atoms with Gasteiger partial charge in [0, 0.05) is 18.5 Å². The van der Waals surface area contributed by atoms with Crippen molar-refractivity contribution in [2.45, 2.75) is 26.4 Å². The Hall–Kier alpha value is -1.27. The van der Waals surface area contributed by atoms with Crippen molar-refractivity contribution in [1.82, 2.24) is 25.1 Å². The average molecular weight is 249 g/mol. The minimum Gasteiger partial charge on any atom is -0.307 e. The number of thiazole rings is 1. The summed E-state index contributed by atoms with van der Waals surface area (Å²) in [6.45, 7) is 6.28. The van der Waals surface area contributed by atoms with Gasteiger partial charge < -0.3 is 9.88 Å². The fraction of sp³-hybridized carbons (Fsp3) is 0.545. The van der Waals surface area contributed by atoms with Crippen LogP contribution in [0.1, 0.15) is 25.7 Å². The number of aromatic nitrogens is 4. The van der Waals surface area contributed by atoms with Crippen LogP contribution in [-0.4, -0.2) is 26.3 Å². The van der Waals surface area contributed by atoms with Gasteiger partial charge in [0.15, 0.2) is 11.6 Å². The van der Waals surface area contributed by atoms with Crippen LogP contribution in [0.5, 0.6) is 0 Å². The first-order chi connectivity index (χ1) is 8.27.